The molecule has 3 heteroatoms. The van der Waals surface area contributed by atoms with Gasteiger partial charge in [0.2, 0.25) is 0 Å². The second-order valence-electron chi connectivity index (χ2n) is 2.38. The fourth-order valence-electron chi connectivity index (χ4n) is 0.700. The van der Waals surface area contributed by atoms with E-state index in [4.69, 9.17) is 5.11 Å². The Morgan fingerprint density at radius 3 is 2.67 bits per heavy atom. The highest BCUT2D eigenvalue weighted by Crippen LogP contribution is 2.00. The molecule has 12 heavy (non-hydrogen) atoms. The van der Waals surface area contributed by atoms with Crippen LogP contribution in [0.15, 0.2) is 23.9 Å². The van der Waals surface area contributed by atoms with Crippen molar-refractivity contribution in [3.8, 4) is 0 Å². The highest BCUT2D eigenvalue weighted by atomic mass is 16.4. The second-order valence-corrected chi connectivity index (χ2v) is 2.38. The average Bonchev–Trinajstić information content (AvgIpc) is 2.04. The molecule has 0 aromatic heterocycles. The van der Waals surface area contributed by atoms with Gasteiger partial charge < -0.3 is 10.4 Å². The summed E-state index contributed by atoms with van der Waals surface area (Å²) in [6.07, 6.45) is 6.64. The Labute approximate surface area is 72.8 Å². The summed E-state index contributed by atoms with van der Waals surface area (Å²) in [4.78, 5) is 10.6. The number of unbranched alkanes of at least 4 members (excludes halogenated alkanes) is 1. The molecule has 0 aliphatic rings. The SMILES string of the molecule is CCC/C=C(/C=C\NC)C(=O)O. The van der Waals surface area contributed by atoms with Crippen LogP contribution in [0, 0.1) is 0 Å². The van der Waals surface area contributed by atoms with E-state index in [0.29, 0.717) is 5.57 Å². The number of rotatable bonds is 5. The van der Waals surface area contributed by atoms with Crippen LogP contribution in [-0.4, -0.2) is 18.1 Å². The number of nitrogens with one attached hydrogen (secondary N) is 1. The van der Waals surface area contributed by atoms with E-state index in [1.54, 1.807) is 25.4 Å². The molecule has 0 unspecified atom stereocenters. The van der Waals surface area contributed by atoms with Gasteiger partial charge in [-0.3, -0.25) is 0 Å². The molecular formula is C9H15NO2. The van der Waals surface area contributed by atoms with Crippen molar-refractivity contribution in [1.29, 1.82) is 0 Å². The fraction of sp³-hybridized carbons (Fsp3) is 0.444. The topological polar surface area (TPSA) is 49.3 Å². The van der Waals surface area contributed by atoms with E-state index in [1.165, 1.54) is 0 Å². The number of aliphatic carboxylic acids is 1. The molecule has 0 heterocycles. The summed E-state index contributed by atoms with van der Waals surface area (Å²) < 4.78 is 0. The zero-order valence-electron chi connectivity index (χ0n) is 7.50. The molecule has 0 aliphatic heterocycles. The molecule has 0 amide bonds. The molecule has 2 N–H and O–H groups in total. The zero-order valence-corrected chi connectivity index (χ0v) is 7.50. The number of allylic oxidation sites excluding steroid dienone is 1. The zero-order chi connectivity index (χ0) is 9.40. The maximum absolute atomic E-state index is 10.6. The maximum atomic E-state index is 10.6. The Bertz CT molecular complexity index is 195. The van der Waals surface area contributed by atoms with Crippen molar-refractivity contribution in [2.45, 2.75) is 19.8 Å². The van der Waals surface area contributed by atoms with E-state index in [9.17, 15) is 4.79 Å². The van der Waals surface area contributed by atoms with Gasteiger partial charge in [0.05, 0.1) is 5.57 Å². The van der Waals surface area contributed by atoms with E-state index >= 15 is 0 Å². The molecule has 0 aliphatic carbocycles. The number of hydrogen-bond donors (Lipinski definition) is 2. The Kier molecular flexibility index (Phi) is 5.79. The van der Waals surface area contributed by atoms with Crippen LogP contribution in [0.5, 0.6) is 0 Å². The summed E-state index contributed by atoms with van der Waals surface area (Å²) in [7, 11) is 1.73. The molecule has 0 aromatic carbocycles. The molecular weight excluding hydrogens is 154 g/mol. The van der Waals surface area contributed by atoms with Gasteiger partial charge >= 0.3 is 5.97 Å². The summed E-state index contributed by atoms with van der Waals surface area (Å²) in [5, 5.41) is 11.4. The summed E-state index contributed by atoms with van der Waals surface area (Å²) in [6.45, 7) is 2.01. The van der Waals surface area contributed by atoms with E-state index in [0.717, 1.165) is 12.8 Å². The van der Waals surface area contributed by atoms with Crippen LogP contribution in [0.4, 0.5) is 0 Å². The smallest absolute Gasteiger partial charge is 0.335 e. The van der Waals surface area contributed by atoms with Crippen LogP contribution in [-0.2, 0) is 4.79 Å². The van der Waals surface area contributed by atoms with Crippen LogP contribution < -0.4 is 5.32 Å². The Morgan fingerprint density at radius 2 is 2.25 bits per heavy atom. The first-order valence-corrected chi connectivity index (χ1v) is 3.99. The Hall–Kier alpha value is -1.25. The first-order valence-electron chi connectivity index (χ1n) is 3.99. The third-order valence-electron chi connectivity index (χ3n) is 1.33. The van der Waals surface area contributed by atoms with Gasteiger partial charge in [0.15, 0.2) is 0 Å². The van der Waals surface area contributed by atoms with Crippen molar-refractivity contribution >= 4 is 5.97 Å². The minimum atomic E-state index is -0.880. The predicted molar refractivity (Wildman–Crippen MR) is 48.8 cm³/mol. The highest BCUT2D eigenvalue weighted by Gasteiger charge is 2.00. The molecule has 3 nitrogen and oxygen atoms in total. The standard InChI is InChI=1S/C9H15NO2/c1-3-4-5-8(9(11)12)6-7-10-2/h5-7,10H,3-4H2,1-2H3,(H,11,12)/b7-6-,8-5-. The van der Waals surface area contributed by atoms with Crippen LogP contribution in [0.1, 0.15) is 19.8 Å². The van der Waals surface area contributed by atoms with Gasteiger partial charge in [-0.15, -0.1) is 0 Å². The molecule has 0 radical (unpaired) electrons. The molecule has 0 bridgehead atoms. The van der Waals surface area contributed by atoms with Gasteiger partial charge in [-0.1, -0.05) is 19.4 Å². The fourth-order valence-corrected chi connectivity index (χ4v) is 0.700. The van der Waals surface area contributed by atoms with Gasteiger partial charge in [0.1, 0.15) is 0 Å². The van der Waals surface area contributed by atoms with Gasteiger partial charge in [0.25, 0.3) is 0 Å². The van der Waals surface area contributed by atoms with Crippen molar-refractivity contribution in [2.75, 3.05) is 7.05 Å². The first-order chi connectivity index (χ1) is 5.72. The van der Waals surface area contributed by atoms with Gasteiger partial charge in [0, 0.05) is 7.05 Å². The lowest BCUT2D eigenvalue weighted by Crippen LogP contribution is -2.00. The predicted octanol–water partition coefficient (Wildman–Crippen LogP) is 1.53. The Balaban J connectivity index is 4.22. The van der Waals surface area contributed by atoms with Crippen LogP contribution in [0.3, 0.4) is 0 Å². The molecule has 0 saturated heterocycles. The van der Waals surface area contributed by atoms with Crippen molar-refractivity contribution in [3.63, 3.8) is 0 Å². The van der Waals surface area contributed by atoms with Crippen molar-refractivity contribution in [1.82, 2.24) is 5.32 Å². The molecule has 0 rings (SSSR count). The van der Waals surface area contributed by atoms with E-state index in [-0.39, 0.29) is 0 Å². The third kappa shape index (κ3) is 4.55. The minimum Gasteiger partial charge on any atom is -0.478 e. The minimum absolute atomic E-state index is 0.339. The lowest BCUT2D eigenvalue weighted by molar-refractivity contribution is -0.132. The number of carboxylic acid groups (broad SMARTS) is 1. The highest BCUT2D eigenvalue weighted by molar-refractivity contribution is 5.89. The maximum Gasteiger partial charge on any atom is 0.335 e. The van der Waals surface area contributed by atoms with Crippen LogP contribution >= 0.6 is 0 Å². The summed E-state index contributed by atoms with van der Waals surface area (Å²) in [5.74, 6) is -0.880. The monoisotopic (exact) mass is 169 g/mol. The van der Waals surface area contributed by atoms with Crippen molar-refractivity contribution in [3.05, 3.63) is 23.9 Å². The average molecular weight is 169 g/mol. The van der Waals surface area contributed by atoms with Crippen molar-refractivity contribution < 1.29 is 9.90 Å². The van der Waals surface area contributed by atoms with Gasteiger partial charge in [-0.2, -0.15) is 0 Å². The van der Waals surface area contributed by atoms with Gasteiger partial charge in [-0.25, -0.2) is 4.79 Å². The molecule has 68 valence electrons. The Morgan fingerprint density at radius 1 is 1.58 bits per heavy atom. The molecule has 0 fully saturated rings. The summed E-state index contributed by atoms with van der Waals surface area (Å²) in [6, 6.07) is 0. The van der Waals surface area contributed by atoms with Crippen LogP contribution in [0.25, 0.3) is 0 Å². The first kappa shape index (κ1) is 10.8. The van der Waals surface area contributed by atoms with Crippen LogP contribution in [0.2, 0.25) is 0 Å². The number of hydrogen-bond acceptors (Lipinski definition) is 2. The summed E-state index contributed by atoms with van der Waals surface area (Å²) in [5.41, 5.74) is 0.339. The summed E-state index contributed by atoms with van der Waals surface area (Å²) >= 11 is 0. The van der Waals surface area contributed by atoms with E-state index < -0.39 is 5.97 Å². The normalized spacial score (nSPS) is 12.0. The van der Waals surface area contributed by atoms with E-state index in [1.807, 2.05) is 6.92 Å². The number of carboxylic acids is 1. The van der Waals surface area contributed by atoms with E-state index in [2.05, 4.69) is 5.32 Å². The largest absolute Gasteiger partial charge is 0.478 e. The molecule has 0 atom stereocenters. The third-order valence-corrected chi connectivity index (χ3v) is 1.33. The second kappa shape index (κ2) is 6.46. The van der Waals surface area contributed by atoms with Gasteiger partial charge in [-0.05, 0) is 18.7 Å². The number of carbonyl (C=O) groups is 1. The molecule has 0 saturated carbocycles. The van der Waals surface area contributed by atoms with Crippen molar-refractivity contribution in [2.24, 2.45) is 0 Å². The molecule has 0 aromatic rings. The lowest BCUT2D eigenvalue weighted by Gasteiger charge is -1.94. The quantitative estimate of drug-likeness (QED) is 0.484. The molecule has 0 spiro atoms. The lowest BCUT2D eigenvalue weighted by atomic mass is 10.2.